The molecule has 0 radical (unpaired) electrons. The fourth-order valence-electron chi connectivity index (χ4n) is 2.33. The van der Waals surface area contributed by atoms with Crippen LogP contribution in [-0.2, 0) is 20.7 Å². The summed E-state index contributed by atoms with van der Waals surface area (Å²) in [7, 11) is 3.67. The van der Waals surface area contributed by atoms with Crippen molar-refractivity contribution in [2.24, 2.45) is 14.1 Å². The molecular formula is C21H24N2O4. The third-order valence-corrected chi connectivity index (χ3v) is 4.31. The summed E-state index contributed by atoms with van der Waals surface area (Å²) in [5, 5.41) is 9.05. The van der Waals surface area contributed by atoms with E-state index in [-0.39, 0.29) is 16.6 Å². The van der Waals surface area contributed by atoms with Gasteiger partial charge in [0.25, 0.3) is 0 Å². The number of hydrogen-bond acceptors (Lipinski definition) is 4. The van der Waals surface area contributed by atoms with Crippen LogP contribution in [0.5, 0.6) is 11.5 Å². The topological polar surface area (TPSA) is 73.5 Å². The Morgan fingerprint density at radius 3 is 2.00 bits per heavy atom. The van der Waals surface area contributed by atoms with E-state index >= 15 is 0 Å². The van der Waals surface area contributed by atoms with E-state index in [1.807, 2.05) is 48.9 Å². The third-order valence-electron chi connectivity index (χ3n) is 4.31. The van der Waals surface area contributed by atoms with Crippen LogP contribution in [0.1, 0.15) is 17.0 Å². The van der Waals surface area contributed by atoms with Gasteiger partial charge < -0.3 is 19.0 Å². The van der Waals surface area contributed by atoms with Crippen molar-refractivity contribution in [1.82, 2.24) is 9.13 Å². The number of aromatic hydroxyl groups is 1. The van der Waals surface area contributed by atoms with E-state index in [9.17, 15) is 9.59 Å². The Morgan fingerprint density at radius 1 is 0.852 bits per heavy atom. The summed E-state index contributed by atoms with van der Waals surface area (Å²) in [4.78, 5) is 22.4. The molecule has 0 aliphatic carbocycles. The van der Waals surface area contributed by atoms with Crippen LogP contribution < -0.4 is 15.6 Å². The second kappa shape index (κ2) is 8.89. The van der Waals surface area contributed by atoms with E-state index in [1.165, 1.54) is 12.1 Å². The summed E-state index contributed by atoms with van der Waals surface area (Å²) < 4.78 is 9.17. The lowest BCUT2D eigenvalue weighted by molar-refractivity contribution is 0.298. The summed E-state index contributed by atoms with van der Waals surface area (Å²) in [5.41, 5.74) is 2.09. The molecule has 1 aromatic carbocycles. The first-order valence-corrected chi connectivity index (χ1v) is 8.49. The lowest BCUT2D eigenvalue weighted by atomic mass is 10.2. The zero-order chi connectivity index (χ0) is 20.0. The van der Waals surface area contributed by atoms with E-state index in [4.69, 9.17) is 9.84 Å². The maximum absolute atomic E-state index is 11.7. The van der Waals surface area contributed by atoms with E-state index in [2.05, 4.69) is 0 Å². The zero-order valence-corrected chi connectivity index (χ0v) is 16.0. The van der Waals surface area contributed by atoms with Gasteiger partial charge in [-0.2, -0.15) is 0 Å². The summed E-state index contributed by atoms with van der Waals surface area (Å²) in [5.74, 6) is 0.267. The highest BCUT2D eigenvalue weighted by Crippen LogP contribution is 2.12. The summed E-state index contributed by atoms with van der Waals surface area (Å²) >= 11 is 0. The summed E-state index contributed by atoms with van der Waals surface area (Å²) in [6.45, 7) is 3.99. The number of benzene rings is 1. The van der Waals surface area contributed by atoms with Gasteiger partial charge in [0.1, 0.15) is 6.61 Å². The minimum atomic E-state index is -0.324. The molecule has 0 spiro atoms. The number of aryl methyl sites for hydroxylation is 2. The monoisotopic (exact) mass is 368 g/mol. The summed E-state index contributed by atoms with van der Waals surface area (Å²) in [6.07, 6.45) is 3.37. The number of hydrogen-bond donors (Lipinski definition) is 1. The van der Waals surface area contributed by atoms with Crippen molar-refractivity contribution in [3.8, 4) is 11.5 Å². The molecule has 27 heavy (non-hydrogen) atoms. The second-order valence-electron chi connectivity index (χ2n) is 6.20. The predicted molar refractivity (Wildman–Crippen MR) is 105 cm³/mol. The predicted octanol–water partition coefficient (Wildman–Crippen LogP) is 2.67. The molecule has 6 nitrogen and oxygen atoms in total. The van der Waals surface area contributed by atoms with Gasteiger partial charge in [-0.1, -0.05) is 30.3 Å². The molecule has 2 heterocycles. The van der Waals surface area contributed by atoms with Gasteiger partial charge in [0.2, 0.25) is 10.9 Å². The fraction of sp³-hybridized carbons (Fsp3) is 0.238. The standard InChI is InChI=1S/C14H15NO2.C7H9NO2/c1-11-14(13(16)8-9-15(11)2)17-10-12-6-4-3-5-7-12;1-5-7(10)6(9)3-4-8(5)2/h3-9H,10H2,1-2H3;3-4,10H,1-2H3. The van der Waals surface area contributed by atoms with Crippen molar-refractivity contribution in [2.45, 2.75) is 20.5 Å². The molecule has 0 unspecified atom stereocenters. The Kier molecular flexibility index (Phi) is 6.60. The van der Waals surface area contributed by atoms with E-state index in [1.54, 1.807) is 30.9 Å². The SMILES string of the molecule is Cc1c(O)c(=O)ccn1C.Cc1c(OCc2ccccc2)c(=O)ccn1C. The van der Waals surface area contributed by atoms with Gasteiger partial charge in [-0.05, 0) is 19.4 Å². The first-order valence-electron chi connectivity index (χ1n) is 8.49. The Hall–Kier alpha value is -3.28. The molecule has 3 rings (SSSR count). The van der Waals surface area contributed by atoms with Gasteiger partial charge in [0.15, 0.2) is 11.5 Å². The Balaban J connectivity index is 0.000000223. The first-order chi connectivity index (χ1) is 12.8. The molecule has 0 atom stereocenters. The van der Waals surface area contributed by atoms with Crippen LogP contribution in [0.25, 0.3) is 0 Å². The zero-order valence-electron chi connectivity index (χ0n) is 16.0. The highest BCUT2D eigenvalue weighted by Gasteiger charge is 2.06. The van der Waals surface area contributed by atoms with E-state index in [0.717, 1.165) is 11.3 Å². The number of aromatic nitrogens is 2. The van der Waals surface area contributed by atoms with Crippen LogP contribution in [0.4, 0.5) is 0 Å². The molecule has 1 N–H and O–H groups in total. The minimum absolute atomic E-state index is 0.0727. The lowest BCUT2D eigenvalue weighted by Crippen LogP contribution is -2.13. The fourth-order valence-corrected chi connectivity index (χ4v) is 2.33. The number of ether oxygens (including phenoxy) is 1. The van der Waals surface area contributed by atoms with Crippen LogP contribution in [0.15, 0.2) is 64.4 Å². The average Bonchev–Trinajstić information content (AvgIpc) is 2.67. The third kappa shape index (κ3) is 5.10. The molecule has 0 fully saturated rings. The van der Waals surface area contributed by atoms with Gasteiger partial charge in [0, 0.05) is 38.6 Å². The molecule has 6 heteroatoms. The van der Waals surface area contributed by atoms with E-state index in [0.29, 0.717) is 18.1 Å². The minimum Gasteiger partial charge on any atom is -0.503 e. The lowest BCUT2D eigenvalue weighted by Gasteiger charge is -2.11. The van der Waals surface area contributed by atoms with Crippen molar-refractivity contribution in [3.05, 3.63) is 92.3 Å². The van der Waals surface area contributed by atoms with E-state index < -0.39 is 0 Å². The summed E-state index contributed by atoms with van der Waals surface area (Å²) in [6, 6.07) is 12.7. The number of pyridine rings is 2. The van der Waals surface area contributed by atoms with Crippen molar-refractivity contribution in [1.29, 1.82) is 0 Å². The Bertz CT molecular complexity index is 1020. The number of rotatable bonds is 3. The van der Waals surface area contributed by atoms with Gasteiger partial charge in [-0.25, -0.2) is 0 Å². The number of nitrogens with zero attached hydrogens (tertiary/aromatic N) is 2. The Morgan fingerprint density at radius 2 is 1.41 bits per heavy atom. The first kappa shape index (κ1) is 20.0. The average molecular weight is 368 g/mol. The molecule has 0 saturated heterocycles. The van der Waals surface area contributed by atoms with Gasteiger partial charge in [0.05, 0.1) is 11.4 Å². The molecule has 3 aromatic rings. The second-order valence-corrected chi connectivity index (χ2v) is 6.20. The Labute approximate surface area is 157 Å². The molecular weight excluding hydrogens is 344 g/mol. The highest BCUT2D eigenvalue weighted by molar-refractivity contribution is 5.27. The molecule has 0 bridgehead atoms. The van der Waals surface area contributed by atoms with Crippen molar-refractivity contribution < 1.29 is 9.84 Å². The van der Waals surface area contributed by atoms with Crippen molar-refractivity contribution in [2.75, 3.05) is 0 Å². The van der Waals surface area contributed by atoms with Crippen LogP contribution >= 0.6 is 0 Å². The quantitative estimate of drug-likeness (QED) is 0.771. The van der Waals surface area contributed by atoms with Gasteiger partial charge >= 0.3 is 0 Å². The largest absolute Gasteiger partial charge is 0.503 e. The van der Waals surface area contributed by atoms with Gasteiger partial charge in [-0.3, -0.25) is 9.59 Å². The maximum atomic E-state index is 11.7. The smallest absolute Gasteiger partial charge is 0.223 e. The molecule has 0 aliphatic rings. The van der Waals surface area contributed by atoms with Crippen LogP contribution in [0.2, 0.25) is 0 Å². The normalized spacial score (nSPS) is 10.1. The van der Waals surface area contributed by atoms with Crippen molar-refractivity contribution in [3.63, 3.8) is 0 Å². The van der Waals surface area contributed by atoms with Crippen LogP contribution in [-0.4, -0.2) is 14.2 Å². The molecule has 2 aromatic heterocycles. The highest BCUT2D eigenvalue weighted by atomic mass is 16.5. The van der Waals surface area contributed by atoms with Crippen LogP contribution in [0, 0.1) is 13.8 Å². The maximum Gasteiger partial charge on any atom is 0.223 e. The molecule has 0 amide bonds. The molecule has 142 valence electrons. The molecule has 0 aliphatic heterocycles. The van der Waals surface area contributed by atoms with Crippen LogP contribution in [0.3, 0.4) is 0 Å². The molecule has 0 saturated carbocycles. The van der Waals surface area contributed by atoms with Crippen molar-refractivity contribution >= 4 is 0 Å². The van der Waals surface area contributed by atoms with Gasteiger partial charge in [-0.15, -0.1) is 0 Å².